The number of nitrogens with one attached hydrogen (secondary N) is 1. The molecule has 25 heavy (non-hydrogen) atoms. The summed E-state index contributed by atoms with van der Waals surface area (Å²) in [4.78, 5) is 17.8. The van der Waals surface area contributed by atoms with Gasteiger partial charge in [-0.3, -0.25) is 0 Å². The molecule has 0 atom stereocenters. The molecule has 5 nitrogen and oxygen atoms in total. The van der Waals surface area contributed by atoms with E-state index < -0.39 is 5.97 Å². The molecule has 1 saturated heterocycles. The van der Waals surface area contributed by atoms with Crippen LogP contribution < -0.4 is 4.90 Å². The fraction of sp³-hybridized carbons (Fsp3) is 0.368. The van der Waals surface area contributed by atoms with Crippen LogP contribution in [-0.4, -0.2) is 31.2 Å². The lowest BCUT2D eigenvalue weighted by Gasteiger charge is -2.27. The molecule has 0 saturated carbocycles. The summed E-state index contributed by atoms with van der Waals surface area (Å²) in [5.74, 6) is 1.26. The Hall–Kier alpha value is -2.18. The second-order valence-corrected chi connectivity index (χ2v) is 7.54. The van der Waals surface area contributed by atoms with Gasteiger partial charge >= 0.3 is 5.97 Å². The molecule has 0 bridgehead atoms. The molecule has 1 fully saturated rings. The first-order valence-electron chi connectivity index (χ1n) is 8.59. The van der Waals surface area contributed by atoms with Crippen LogP contribution in [-0.2, 0) is 11.3 Å². The summed E-state index contributed by atoms with van der Waals surface area (Å²) in [5, 5.41) is 1.27. The number of piperidine rings is 1. The van der Waals surface area contributed by atoms with Gasteiger partial charge in [-0.15, -0.1) is 11.3 Å². The molecule has 1 aliphatic rings. The van der Waals surface area contributed by atoms with Crippen LogP contribution in [0.1, 0.15) is 40.1 Å². The molecule has 0 unspecified atom stereocenters. The number of fused-ring (bicyclic) bond motifs is 1. The molecule has 0 amide bonds. The first-order valence-corrected chi connectivity index (χ1v) is 9.40. The van der Waals surface area contributed by atoms with Gasteiger partial charge in [-0.25, -0.2) is 9.78 Å². The number of thiazole rings is 1. The van der Waals surface area contributed by atoms with E-state index in [-0.39, 0.29) is 5.76 Å². The summed E-state index contributed by atoms with van der Waals surface area (Å²) in [6, 6.07) is 11.9. The normalized spacial score (nSPS) is 20.7. The Bertz CT molecular complexity index is 845. The molecule has 0 aliphatic carbocycles. The van der Waals surface area contributed by atoms with E-state index in [1.54, 1.807) is 6.07 Å². The number of carbonyl (C=O) groups is 1. The molecular weight excluding hydrogens is 336 g/mol. The summed E-state index contributed by atoms with van der Waals surface area (Å²) in [7, 11) is 1.36. The molecule has 1 aromatic carbocycles. The number of rotatable bonds is 4. The number of likely N-dealkylation sites (tertiary alicyclic amines) is 1. The van der Waals surface area contributed by atoms with Crippen LogP contribution in [0.5, 0.6) is 0 Å². The van der Waals surface area contributed by atoms with Gasteiger partial charge in [0, 0.05) is 18.8 Å². The van der Waals surface area contributed by atoms with Crippen LogP contribution in [0.2, 0.25) is 0 Å². The topological polar surface area (TPSA) is 56.8 Å². The fourth-order valence-electron chi connectivity index (χ4n) is 3.44. The number of hydrogen-bond acceptors (Lipinski definition) is 5. The molecule has 0 radical (unpaired) electrons. The highest BCUT2D eigenvalue weighted by Crippen LogP contribution is 2.31. The van der Waals surface area contributed by atoms with Crippen LogP contribution >= 0.6 is 11.3 Å². The van der Waals surface area contributed by atoms with Crippen molar-refractivity contribution >= 4 is 27.5 Å². The van der Waals surface area contributed by atoms with E-state index in [0.29, 0.717) is 5.92 Å². The third kappa shape index (κ3) is 3.45. The first-order chi connectivity index (χ1) is 12.2. The van der Waals surface area contributed by atoms with Gasteiger partial charge in [0.15, 0.2) is 5.76 Å². The van der Waals surface area contributed by atoms with Crippen molar-refractivity contribution in [3.05, 3.63) is 52.9 Å². The maximum atomic E-state index is 11.5. The number of ether oxygens (including phenoxy) is 1. The summed E-state index contributed by atoms with van der Waals surface area (Å²) >= 11 is 1.83. The lowest BCUT2D eigenvalue weighted by molar-refractivity contribution is -0.920. The maximum absolute atomic E-state index is 11.5. The molecular formula is C19H21N2O3S+. The van der Waals surface area contributed by atoms with E-state index in [4.69, 9.17) is 9.40 Å². The van der Waals surface area contributed by atoms with Gasteiger partial charge in [0.1, 0.15) is 6.54 Å². The standard InChI is InChI=1S/C19H20N2O3S/c1-23-19(22)16-7-6-14(24-16)12-21-10-8-13(9-11-21)18-20-15-4-2-3-5-17(15)25-18/h2-7,13H,8-12H2,1H3/p+1. The zero-order chi connectivity index (χ0) is 17.2. The number of quaternary nitrogens is 1. The van der Waals surface area contributed by atoms with Crippen LogP contribution in [0.3, 0.4) is 0 Å². The van der Waals surface area contributed by atoms with Crippen molar-refractivity contribution in [1.29, 1.82) is 0 Å². The Labute approximate surface area is 150 Å². The van der Waals surface area contributed by atoms with Gasteiger partial charge < -0.3 is 14.1 Å². The molecule has 1 N–H and O–H groups in total. The maximum Gasteiger partial charge on any atom is 0.373 e. The highest BCUT2D eigenvalue weighted by molar-refractivity contribution is 7.18. The van der Waals surface area contributed by atoms with Crippen molar-refractivity contribution < 1.29 is 18.8 Å². The van der Waals surface area contributed by atoms with Gasteiger partial charge in [-0.2, -0.15) is 0 Å². The molecule has 130 valence electrons. The summed E-state index contributed by atoms with van der Waals surface area (Å²) in [5.41, 5.74) is 1.11. The highest BCUT2D eigenvalue weighted by atomic mass is 32.1. The number of furan rings is 1. The molecule has 3 heterocycles. The molecule has 3 aromatic rings. The first kappa shape index (κ1) is 16.3. The van der Waals surface area contributed by atoms with Crippen molar-refractivity contribution in [3.8, 4) is 0 Å². The van der Waals surface area contributed by atoms with E-state index in [9.17, 15) is 4.79 Å². The molecule has 2 aromatic heterocycles. The van der Waals surface area contributed by atoms with Crippen LogP contribution in [0, 0.1) is 0 Å². The largest absolute Gasteiger partial charge is 0.463 e. The molecule has 1 aliphatic heterocycles. The van der Waals surface area contributed by atoms with E-state index in [1.807, 2.05) is 23.5 Å². The minimum Gasteiger partial charge on any atom is -0.463 e. The van der Waals surface area contributed by atoms with Gasteiger partial charge in [0.25, 0.3) is 0 Å². The smallest absolute Gasteiger partial charge is 0.373 e. The van der Waals surface area contributed by atoms with Crippen molar-refractivity contribution in [3.63, 3.8) is 0 Å². The Morgan fingerprint density at radius 3 is 2.84 bits per heavy atom. The van der Waals surface area contributed by atoms with E-state index in [1.165, 1.54) is 21.7 Å². The number of hydrogen-bond donors (Lipinski definition) is 1. The number of nitrogens with zero attached hydrogens (tertiary/aromatic N) is 1. The summed E-state index contributed by atoms with van der Waals surface area (Å²) in [6.45, 7) is 2.99. The average molecular weight is 357 g/mol. The van der Waals surface area contributed by atoms with Crippen molar-refractivity contribution in [2.75, 3.05) is 20.2 Å². The predicted molar refractivity (Wildman–Crippen MR) is 96.0 cm³/mol. The van der Waals surface area contributed by atoms with Gasteiger partial charge in [-0.1, -0.05) is 12.1 Å². The lowest BCUT2D eigenvalue weighted by Crippen LogP contribution is -3.11. The Balaban J connectivity index is 1.36. The number of methoxy groups -OCH3 is 1. The third-order valence-corrected chi connectivity index (χ3v) is 6.02. The van der Waals surface area contributed by atoms with Crippen molar-refractivity contribution in [2.24, 2.45) is 0 Å². The van der Waals surface area contributed by atoms with Crippen LogP contribution in [0.25, 0.3) is 10.2 Å². The van der Waals surface area contributed by atoms with E-state index in [0.717, 1.165) is 43.8 Å². The van der Waals surface area contributed by atoms with Crippen molar-refractivity contribution in [2.45, 2.75) is 25.3 Å². The summed E-state index contributed by atoms with van der Waals surface area (Å²) < 4.78 is 11.5. The number of benzene rings is 1. The molecule has 6 heteroatoms. The van der Waals surface area contributed by atoms with Crippen molar-refractivity contribution in [1.82, 2.24) is 4.98 Å². The second-order valence-electron chi connectivity index (χ2n) is 6.48. The zero-order valence-electron chi connectivity index (χ0n) is 14.2. The van der Waals surface area contributed by atoms with Gasteiger partial charge in [-0.05, 0) is 24.3 Å². The molecule has 4 rings (SSSR count). The highest BCUT2D eigenvalue weighted by Gasteiger charge is 2.26. The Morgan fingerprint density at radius 2 is 2.08 bits per heavy atom. The number of aromatic nitrogens is 1. The van der Waals surface area contributed by atoms with Crippen LogP contribution in [0.4, 0.5) is 0 Å². The number of carbonyl (C=O) groups excluding carboxylic acids is 1. The number of para-hydroxylation sites is 1. The Morgan fingerprint density at radius 1 is 1.28 bits per heavy atom. The predicted octanol–water partition coefficient (Wildman–Crippen LogP) is 2.64. The minimum atomic E-state index is -0.421. The van der Waals surface area contributed by atoms with Gasteiger partial charge in [0.05, 0.1) is 35.4 Å². The fourth-order valence-corrected chi connectivity index (χ4v) is 4.58. The lowest BCUT2D eigenvalue weighted by atomic mass is 9.97. The number of esters is 1. The third-order valence-electron chi connectivity index (χ3n) is 4.82. The zero-order valence-corrected chi connectivity index (χ0v) is 15.0. The monoisotopic (exact) mass is 357 g/mol. The van der Waals surface area contributed by atoms with E-state index >= 15 is 0 Å². The Kier molecular flexibility index (Phi) is 4.55. The van der Waals surface area contributed by atoms with E-state index in [2.05, 4.69) is 22.9 Å². The summed E-state index contributed by atoms with van der Waals surface area (Å²) in [6.07, 6.45) is 2.28. The molecule has 0 spiro atoms. The van der Waals surface area contributed by atoms with Crippen LogP contribution in [0.15, 0.2) is 40.8 Å². The average Bonchev–Trinajstić information content (AvgIpc) is 3.28. The quantitative estimate of drug-likeness (QED) is 0.730. The SMILES string of the molecule is COC(=O)c1ccc(C[NH+]2CCC(c3nc4ccccc4s3)CC2)o1. The van der Waals surface area contributed by atoms with Gasteiger partial charge in [0.2, 0.25) is 5.76 Å². The second kappa shape index (κ2) is 6.98. The minimum absolute atomic E-state index is 0.279.